The van der Waals surface area contributed by atoms with Crippen LogP contribution >= 0.6 is 12.4 Å². The predicted octanol–water partition coefficient (Wildman–Crippen LogP) is 5.30. The number of likely N-dealkylation sites (N-methyl/N-ethyl adjacent to an activating group) is 1. The molecule has 2 heteroatoms. The van der Waals surface area contributed by atoms with Gasteiger partial charge in [-0.15, -0.1) is 12.4 Å². The van der Waals surface area contributed by atoms with Gasteiger partial charge in [-0.25, -0.2) is 0 Å². The van der Waals surface area contributed by atoms with Crippen LogP contribution in [0.4, 0.5) is 0 Å². The standard InChI is InChI=1S/C22H27N.ClH/c1-4-23-11-10-19-21(14-23)18-9-8-16(3)13-20(18)22(19)17-7-5-6-15(2)12-17;/h5-9,12-13,19,21-22H,4,10-11,14H2,1-3H3;1H/t19-,21-,22+;/m1./s1. The van der Waals surface area contributed by atoms with Crippen LogP contribution in [0.1, 0.15) is 53.0 Å². The summed E-state index contributed by atoms with van der Waals surface area (Å²) in [5.41, 5.74) is 7.52. The fourth-order valence-corrected chi connectivity index (χ4v) is 4.87. The summed E-state index contributed by atoms with van der Waals surface area (Å²) in [4.78, 5) is 2.63. The Morgan fingerprint density at radius 3 is 2.54 bits per heavy atom. The lowest BCUT2D eigenvalue weighted by Crippen LogP contribution is -2.38. The number of fused-ring (bicyclic) bond motifs is 3. The molecule has 1 fully saturated rings. The molecule has 0 amide bonds. The van der Waals surface area contributed by atoms with Gasteiger partial charge in [-0.3, -0.25) is 0 Å². The zero-order valence-corrected chi connectivity index (χ0v) is 15.8. The number of hydrogen-bond acceptors (Lipinski definition) is 1. The first kappa shape index (κ1) is 17.5. The summed E-state index contributed by atoms with van der Waals surface area (Å²) in [5.74, 6) is 2.08. The summed E-state index contributed by atoms with van der Waals surface area (Å²) in [6, 6.07) is 16.4. The van der Waals surface area contributed by atoms with Crippen molar-refractivity contribution in [3.63, 3.8) is 0 Å². The molecule has 1 heterocycles. The average molecular weight is 342 g/mol. The van der Waals surface area contributed by atoms with Crippen molar-refractivity contribution in [2.45, 2.75) is 39.0 Å². The molecule has 0 bridgehead atoms. The fraction of sp³-hybridized carbons (Fsp3) is 0.455. The van der Waals surface area contributed by atoms with E-state index < -0.39 is 0 Å². The summed E-state index contributed by atoms with van der Waals surface area (Å²) in [5, 5.41) is 0. The quantitative estimate of drug-likeness (QED) is 0.716. The summed E-state index contributed by atoms with van der Waals surface area (Å²) in [6.45, 7) is 10.4. The van der Waals surface area contributed by atoms with Crippen molar-refractivity contribution in [1.29, 1.82) is 0 Å². The molecule has 0 unspecified atom stereocenters. The summed E-state index contributed by atoms with van der Waals surface area (Å²) in [7, 11) is 0. The second-order valence-electron chi connectivity index (χ2n) is 7.48. The first-order chi connectivity index (χ1) is 11.2. The lowest BCUT2D eigenvalue weighted by molar-refractivity contribution is 0.167. The van der Waals surface area contributed by atoms with Crippen LogP contribution in [-0.4, -0.2) is 24.5 Å². The van der Waals surface area contributed by atoms with E-state index in [-0.39, 0.29) is 12.4 Å². The molecule has 0 radical (unpaired) electrons. The number of benzene rings is 2. The SMILES string of the molecule is CCN1CC[C@H]2[C@H](c3cccc(C)c3)c3cc(C)ccc3[C@H]2C1.Cl. The minimum absolute atomic E-state index is 0. The third-order valence-electron chi connectivity index (χ3n) is 6.00. The topological polar surface area (TPSA) is 3.24 Å². The van der Waals surface area contributed by atoms with Crippen LogP contribution in [0.15, 0.2) is 42.5 Å². The minimum Gasteiger partial charge on any atom is -0.303 e. The second kappa shape index (κ2) is 6.90. The van der Waals surface area contributed by atoms with E-state index in [2.05, 4.69) is 68.1 Å². The first-order valence-electron chi connectivity index (χ1n) is 9.06. The van der Waals surface area contributed by atoms with E-state index in [1.807, 2.05) is 0 Å². The molecule has 0 saturated carbocycles. The van der Waals surface area contributed by atoms with Crippen LogP contribution in [0.2, 0.25) is 0 Å². The van der Waals surface area contributed by atoms with Gasteiger partial charge < -0.3 is 4.90 Å². The van der Waals surface area contributed by atoms with Gasteiger partial charge >= 0.3 is 0 Å². The molecule has 0 aromatic heterocycles. The van der Waals surface area contributed by atoms with E-state index in [0.717, 1.165) is 5.92 Å². The number of aryl methyl sites for hydroxylation is 2. The van der Waals surface area contributed by atoms with Gasteiger partial charge in [0.2, 0.25) is 0 Å². The van der Waals surface area contributed by atoms with Gasteiger partial charge in [-0.05, 0) is 56.0 Å². The van der Waals surface area contributed by atoms with Gasteiger partial charge in [0.1, 0.15) is 0 Å². The fourth-order valence-electron chi connectivity index (χ4n) is 4.87. The van der Waals surface area contributed by atoms with Crippen LogP contribution in [0.3, 0.4) is 0 Å². The Morgan fingerprint density at radius 2 is 1.79 bits per heavy atom. The maximum Gasteiger partial charge on any atom is 0.0127 e. The molecule has 2 aliphatic rings. The Bertz CT molecular complexity index is 724. The van der Waals surface area contributed by atoms with Gasteiger partial charge in [-0.2, -0.15) is 0 Å². The summed E-state index contributed by atoms with van der Waals surface area (Å²) >= 11 is 0. The Balaban J connectivity index is 0.00000169. The normalized spacial score (nSPS) is 25.7. The van der Waals surface area contributed by atoms with E-state index in [1.165, 1.54) is 42.7 Å². The third kappa shape index (κ3) is 2.89. The highest BCUT2D eigenvalue weighted by Crippen LogP contribution is 2.53. The molecular formula is C22H28ClN. The Labute approximate surface area is 152 Å². The van der Waals surface area contributed by atoms with Gasteiger partial charge in [-0.1, -0.05) is 60.5 Å². The van der Waals surface area contributed by atoms with Crippen molar-refractivity contribution in [3.8, 4) is 0 Å². The lowest BCUT2D eigenvalue weighted by atomic mass is 9.78. The van der Waals surface area contributed by atoms with Gasteiger partial charge in [0.25, 0.3) is 0 Å². The summed E-state index contributed by atoms with van der Waals surface area (Å²) < 4.78 is 0. The highest BCUT2D eigenvalue weighted by molar-refractivity contribution is 5.85. The zero-order valence-electron chi connectivity index (χ0n) is 15.0. The molecule has 0 N–H and O–H groups in total. The molecule has 1 nitrogen and oxygen atoms in total. The zero-order chi connectivity index (χ0) is 16.0. The Morgan fingerprint density at radius 1 is 1.00 bits per heavy atom. The molecule has 2 aromatic rings. The number of likely N-dealkylation sites (tertiary alicyclic amines) is 1. The molecule has 2 aromatic carbocycles. The van der Waals surface area contributed by atoms with Crippen molar-refractivity contribution in [1.82, 2.24) is 4.90 Å². The highest BCUT2D eigenvalue weighted by Gasteiger charge is 2.43. The van der Waals surface area contributed by atoms with E-state index in [0.29, 0.717) is 11.8 Å². The monoisotopic (exact) mass is 341 g/mol. The number of piperidine rings is 1. The molecular weight excluding hydrogens is 314 g/mol. The highest BCUT2D eigenvalue weighted by atomic mass is 35.5. The molecule has 3 atom stereocenters. The molecule has 24 heavy (non-hydrogen) atoms. The minimum atomic E-state index is 0. The Kier molecular flexibility index (Phi) is 5.03. The Hall–Kier alpha value is -1.31. The maximum atomic E-state index is 2.63. The van der Waals surface area contributed by atoms with E-state index >= 15 is 0 Å². The third-order valence-corrected chi connectivity index (χ3v) is 6.00. The number of rotatable bonds is 2. The first-order valence-corrected chi connectivity index (χ1v) is 9.06. The van der Waals surface area contributed by atoms with E-state index in [4.69, 9.17) is 0 Å². The summed E-state index contributed by atoms with van der Waals surface area (Å²) in [6.07, 6.45) is 1.32. The van der Waals surface area contributed by atoms with E-state index in [1.54, 1.807) is 11.1 Å². The van der Waals surface area contributed by atoms with Crippen LogP contribution in [-0.2, 0) is 0 Å². The molecule has 1 aliphatic carbocycles. The average Bonchev–Trinajstić information content (AvgIpc) is 2.87. The molecule has 1 aliphatic heterocycles. The smallest absolute Gasteiger partial charge is 0.0127 e. The molecule has 0 spiro atoms. The van der Waals surface area contributed by atoms with Crippen molar-refractivity contribution < 1.29 is 0 Å². The number of halogens is 1. The van der Waals surface area contributed by atoms with Gasteiger partial charge in [0.15, 0.2) is 0 Å². The lowest BCUT2D eigenvalue weighted by Gasteiger charge is -2.37. The largest absolute Gasteiger partial charge is 0.303 e. The van der Waals surface area contributed by atoms with E-state index in [9.17, 15) is 0 Å². The van der Waals surface area contributed by atoms with Crippen molar-refractivity contribution in [2.75, 3.05) is 19.6 Å². The molecule has 1 saturated heterocycles. The van der Waals surface area contributed by atoms with Crippen LogP contribution in [0, 0.1) is 19.8 Å². The van der Waals surface area contributed by atoms with Gasteiger partial charge in [0.05, 0.1) is 0 Å². The second-order valence-corrected chi connectivity index (χ2v) is 7.48. The van der Waals surface area contributed by atoms with Crippen LogP contribution < -0.4 is 0 Å². The van der Waals surface area contributed by atoms with Crippen LogP contribution in [0.25, 0.3) is 0 Å². The number of hydrogen-bond donors (Lipinski definition) is 0. The predicted molar refractivity (Wildman–Crippen MR) is 104 cm³/mol. The maximum absolute atomic E-state index is 2.63. The van der Waals surface area contributed by atoms with Crippen molar-refractivity contribution in [2.24, 2.45) is 5.92 Å². The molecule has 128 valence electrons. The van der Waals surface area contributed by atoms with Crippen molar-refractivity contribution >= 4 is 12.4 Å². The number of nitrogens with zero attached hydrogens (tertiary/aromatic N) is 1. The van der Waals surface area contributed by atoms with Crippen LogP contribution in [0.5, 0.6) is 0 Å². The van der Waals surface area contributed by atoms with Crippen molar-refractivity contribution in [3.05, 3.63) is 70.3 Å². The van der Waals surface area contributed by atoms with Gasteiger partial charge in [0, 0.05) is 18.4 Å². The molecule has 4 rings (SSSR count).